The molecule has 21 heavy (non-hydrogen) atoms. The van der Waals surface area contributed by atoms with Crippen molar-refractivity contribution in [2.75, 3.05) is 0 Å². The summed E-state index contributed by atoms with van der Waals surface area (Å²) in [5.74, 6) is 3.74. The summed E-state index contributed by atoms with van der Waals surface area (Å²) < 4.78 is 5.43. The molecule has 0 N–H and O–H groups in total. The predicted octanol–water partition coefficient (Wildman–Crippen LogP) is 3.95. The van der Waals surface area contributed by atoms with Crippen LogP contribution in [0.15, 0.2) is 41.7 Å². The normalized spacial score (nSPS) is 20.6. The first kappa shape index (κ1) is 15.6. The van der Waals surface area contributed by atoms with E-state index in [0.717, 1.165) is 17.8 Å². The van der Waals surface area contributed by atoms with Crippen molar-refractivity contribution in [2.24, 2.45) is 5.92 Å². The SMILES string of the molecule is CC(C#C[Si](C)(C)C)=C1CC(Cc2ccccc2)C(=O)O1. The van der Waals surface area contributed by atoms with E-state index in [-0.39, 0.29) is 11.9 Å². The smallest absolute Gasteiger partial charge is 0.314 e. The summed E-state index contributed by atoms with van der Waals surface area (Å²) in [5, 5.41) is 0. The second-order valence-corrected chi connectivity index (χ2v) is 11.3. The van der Waals surface area contributed by atoms with Crippen LogP contribution in [0, 0.1) is 17.4 Å². The minimum atomic E-state index is -1.40. The molecule has 2 rings (SSSR count). The van der Waals surface area contributed by atoms with E-state index in [1.807, 2.05) is 37.3 Å². The molecule has 1 aliphatic heterocycles. The van der Waals surface area contributed by atoms with Crippen LogP contribution in [0.5, 0.6) is 0 Å². The topological polar surface area (TPSA) is 26.3 Å². The summed E-state index contributed by atoms with van der Waals surface area (Å²) in [7, 11) is -1.40. The van der Waals surface area contributed by atoms with Gasteiger partial charge in [-0.1, -0.05) is 55.9 Å². The molecule has 1 saturated heterocycles. The van der Waals surface area contributed by atoms with Crippen molar-refractivity contribution in [3.63, 3.8) is 0 Å². The monoisotopic (exact) mass is 298 g/mol. The summed E-state index contributed by atoms with van der Waals surface area (Å²) >= 11 is 0. The lowest BCUT2D eigenvalue weighted by Crippen LogP contribution is -2.16. The summed E-state index contributed by atoms with van der Waals surface area (Å²) in [6.45, 7) is 8.56. The van der Waals surface area contributed by atoms with E-state index in [1.54, 1.807) is 0 Å². The highest BCUT2D eigenvalue weighted by atomic mass is 28.3. The molecule has 1 heterocycles. The van der Waals surface area contributed by atoms with Gasteiger partial charge in [-0.05, 0) is 18.9 Å². The number of carbonyl (C=O) groups is 1. The maximum absolute atomic E-state index is 12.0. The predicted molar refractivity (Wildman–Crippen MR) is 88.2 cm³/mol. The van der Waals surface area contributed by atoms with E-state index in [2.05, 4.69) is 31.1 Å². The van der Waals surface area contributed by atoms with Gasteiger partial charge in [0.25, 0.3) is 0 Å². The van der Waals surface area contributed by atoms with Crippen molar-refractivity contribution >= 4 is 14.0 Å². The quantitative estimate of drug-likeness (QED) is 0.469. The second kappa shape index (κ2) is 6.32. The third-order valence-electron chi connectivity index (χ3n) is 3.36. The van der Waals surface area contributed by atoms with Crippen LogP contribution >= 0.6 is 0 Å². The van der Waals surface area contributed by atoms with E-state index in [0.29, 0.717) is 6.42 Å². The Kier molecular flexibility index (Phi) is 4.69. The van der Waals surface area contributed by atoms with Crippen LogP contribution in [-0.4, -0.2) is 14.0 Å². The molecule has 0 aromatic heterocycles. The molecule has 1 unspecified atom stereocenters. The van der Waals surface area contributed by atoms with E-state index in [1.165, 1.54) is 5.56 Å². The van der Waals surface area contributed by atoms with Gasteiger partial charge in [0.15, 0.2) is 0 Å². The zero-order valence-electron chi connectivity index (χ0n) is 13.2. The van der Waals surface area contributed by atoms with Crippen molar-refractivity contribution < 1.29 is 9.53 Å². The van der Waals surface area contributed by atoms with Crippen LogP contribution < -0.4 is 0 Å². The lowest BCUT2D eigenvalue weighted by atomic mass is 9.97. The van der Waals surface area contributed by atoms with Gasteiger partial charge < -0.3 is 4.74 Å². The Morgan fingerprint density at radius 2 is 1.95 bits per heavy atom. The Morgan fingerprint density at radius 1 is 1.29 bits per heavy atom. The van der Waals surface area contributed by atoms with Gasteiger partial charge in [0.1, 0.15) is 13.8 Å². The van der Waals surface area contributed by atoms with Gasteiger partial charge in [0.05, 0.1) is 5.92 Å². The van der Waals surface area contributed by atoms with Gasteiger partial charge in [-0.2, -0.15) is 0 Å². The van der Waals surface area contributed by atoms with Crippen molar-refractivity contribution in [1.29, 1.82) is 0 Å². The summed E-state index contributed by atoms with van der Waals surface area (Å²) in [4.78, 5) is 12.0. The maximum atomic E-state index is 12.0. The van der Waals surface area contributed by atoms with Crippen molar-refractivity contribution in [3.05, 3.63) is 47.2 Å². The zero-order chi connectivity index (χ0) is 15.5. The van der Waals surface area contributed by atoms with Crippen LogP contribution in [0.25, 0.3) is 0 Å². The summed E-state index contributed by atoms with van der Waals surface area (Å²) in [6.07, 6.45) is 1.40. The molecule has 1 aliphatic rings. The Balaban J connectivity index is 2.10. The number of benzene rings is 1. The van der Waals surface area contributed by atoms with E-state index >= 15 is 0 Å². The number of ether oxygens (including phenoxy) is 1. The number of rotatable bonds is 2. The first-order valence-corrected chi connectivity index (χ1v) is 10.8. The molecule has 3 heteroatoms. The molecule has 1 atom stereocenters. The van der Waals surface area contributed by atoms with Gasteiger partial charge in [-0.15, -0.1) is 5.54 Å². The zero-order valence-corrected chi connectivity index (χ0v) is 14.2. The molecule has 0 radical (unpaired) electrons. The highest BCUT2D eigenvalue weighted by Crippen LogP contribution is 2.29. The minimum Gasteiger partial charge on any atom is -0.430 e. The molecule has 0 aliphatic carbocycles. The van der Waals surface area contributed by atoms with Gasteiger partial charge in [-0.3, -0.25) is 4.79 Å². The van der Waals surface area contributed by atoms with Crippen LogP contribution in [0.1, 0.15) is 18.9 Å². The number of hydrogen-bond acceptors (Lipinski definition) is 2. The van der Waals surface area contributed by atoms with Gasteiger partial charge >= 0.3 is 5.97 Å². The first-order valence-electron chi connectivity index (χ1n) is 7.34. The van der Waals surface area contributed by atoms with Gasteiger partial charge in [0, 0.05) is 12.0 Å². The Morgan fingerprint density at radius 3 is 2.57 bits per heavy atom. The number of hydrogen-bond donors (Lipinski definition) is 0. The molecule has 1 aromatic carbocycles. The van der Waals surface area contributed by atoms with Crippen LogP contribution in [-0.2, 0) is 16.0 Å². The fourth-order valence-electron chi connectivity index (χ4n) is 2.19. The molecular weight excluding hydrogens is 276 g/mol. The van der Waals surface area contributed by atoms with Crippen LogP contribution in [0.2, 0.25) is 19.6 Å². The molecule has 0 spiro atoms. The fourth-order valence-corrected chi connectivity index (χ4v) is 2.75. The van der Waals surface area contributed by atoms with Crippen LogP contribution in [0.3, 0.4) is 0 Å². The highest BCUT2D eigenvalue weighted by molar-refractivity contribution is 6.83. The van der Waals surface area contributed by atoms with Crippen molar-refractivity contribution in [3.8, 4) is 11.5 Å². The molecule has 0 saturated carbocycles. The fraction of sp³-hybridized carbons (Fsp3) is 0.389. The number of allylic oxidation sites excluding steroid dienone is 2. The van der Waals surface area contributed by atoms with Crippen molar-refractivity contribution in [2.45, 2.75) is 39.4 Å². The van der Waals surface area contributed by atoms with Gasteiger partial charge in [0.2, 0.25) is 0 Å². The second-order valence-electron chi connectivity index (χ2n) is 6.56. The van der Waals surface area contributed by atoms with E-state index in [4.69, 9.17) is 4.74 Å². The summed E-state index contributed by atoms with van der Waals surface area (Å²) in [6, 6.07) is 10.1. The molecule has 0 bridgehead atoms. The average molecular weight is 298 g/mol. The lowest BCUT2D eigenvalue weighted by Gasteiger charge is -2.04. The summed E-state index contributed by atoms with van der Waals surface area (Å²) in [5.41, 5.74) is 5.39. The third-order valence-corrected chi connectivity index (χ3v) is 4.23. The Labute approximate surface area is 128 Å². The number of cyclic esters (lactones) is 1. The Bertz CT molecular complexity index is 612. The molecule has 0 amide bonds. The molecule has 1 fully saturated rings. The molecule has 1 aromatic rings. The van der Waals surface area contributed by atoms with E-state index < -0.39 is 8.07 Å². The molecular formula is C18H22O2Si. The minimum absolute atomic E-state index is 0.0777. The van der Waals surface area contributed by atoms with E-state index in [9.17, 15) is 4.79 Å². The van der Waals surface area contributed by atoms with Crippen molar-refractivity contribution in [1.82, 2.24) is 0 Å². The molecule has 110 valence electrons. The molecule has 2 nitrogen and oxygen atoms in total. The van der Waals surface area contributed by atoms with Crippen LogP contribution in [0.4, 0.5) is 0 Å². The highest BCUT2D eigenvalue weighted by Gasteiger charge is 2.31. The Hall–Kier alpha value is -1.79. The third kappa shape index (κ3) is 4.61. The number of esters is 1. The first-order chi connectivity index (χ1) is 9.85. The van der Waals surface area contributed by atoms with Gasteiger partial charge in [-0.25, -0.2) is 0 Å². The largest absolute Gasteiger partial charge is 0.430 e. The average Bonchev–Trinajstić information content (AvgIpc) is 2.78. The lowest BCUT2D eigenvalue weighted by molar-refractivity contribution is -0.139. The number of carbonyl (C=O) groups excluding carboxylic acids is 1. The standard InChI is InChI=1S/C18H22O2Si/c1-14(10-11-21(2,3)4)17-13-16(18(19)20-17)12-15-8-6-5-7-9-15/h5-9,16H,12-13H2,1-4H3. The maximum Gasteiger partial charge on any atom is 0.314 e.